The second-order valence-electron chi connectivity index (χ2n) is 2.23. The fourth-order valence-electron chi connectivity index (χ4n) is 0.784. The predicted molar refractivity (Wildman–Crippen MR) is 38.2 cm³/mol. The van der Waals surface area contributed by atoms with E-state index in [2.05, 4.69) is 12.6 Å². The fourth-order valence-corrected chi connectivity index (χ4v) is 0.963. The molecule has 0 amide bonds. The van der Waals surface area contributed by atoms with Crippen LogP contribution in [-0.4, -0.2) is 5.12 Å². The number of carbonyl (C=O) groups excluding carboxylic acids is 1. The third-order valence-corrected chi connectivity index (χ3v) is 1.62. The Kier molecular flexibility index (Phi) is 2.70. The van der Waals surface area contributed by atoms with E-state index in [0.29, 0.717) is 0 Å². The normalized spacial score (nSPS) is 10.4. The molecular formula is C7F5OS. The molecule has 0 fully saturated rings. The van der Waals surface area contributed by atoms with Gasteiger partial charge in [-0.2, -0.15) is 0 Å². The van der Waals surface area contributed by atoms with Crippen molar-refractivity contribution < 1.29 is 26.7 Å². The van der Waals surface area contributed by atoms with Crippen LogP contribution in [0.3, 0.4) is 0 Å². The van der Waals surface area contributed by atoms with Crippen LogP contribution in [-0.2, 0) is 0 Å². The van der Waals surface area contributed by atoms with Crippen LogP contribution in [0.15, 0.2) is 0 Å². The van der Waals surface area contributed by atoms with Gasteiger partial charge in [0.1, 0.15) is 5.56 Å². The summed E-state index contributed by atoms with van der Waals surface area (Å²) in [6.07, 6.45) is 0. The first kappa shape index (κ1) is 10.8. The molecule has 0 saturated carbocycles. The van der Waals surface area contributed by atoms with Gasteiger partial charge in [0.05, 0.1) is 0 Å². The van der Waals surface area contributed by atoms with E-state index in [1.54, 1.807) is 0 Å². The van der Waals surface area contributed by atoms with Crippen LogP contribution in [0.2, 0.25) is 0 Å². The third-order valence-electron chi connectivity index (χ3n) is 1.41. The molecule has 1 rings (SSSR count). The predicted octanol–water partition coefficient (Wildman–Crippen LogP) is 2.72. The molecule has 0 N–H and O–H groups in total. The molecule has 0 aliphatic carbocycles. The van der Waals surface area contributed by atoms with Crippen molar-refractivity contribution >= 4 is 17.7 Å². The lowest BCUT2D eigenvalue weighted by Gasteiger charge is -2.03. The van der Waals surface area contributed by atoms with E-state index in [-0.39, 0.29) is 0 Å². The Hall–Kier alpha value is -1.24. The molecule has 0 saturated heterocycles. The van der Waals surface area contributed by atoms with E-state index in [0.717, 1.165) is 0 Å². The van der Waals surface area contributed by atoms with E-state index >= 15 is 0 Å². The lowest BCUT2D eigenvalue weighted by atomic mass is 10.2. The monoisotopic (exact) mass is 227 g/mol. The Balaban J connectivity index is 3.68. The number of hydrogen-bond donors (Lipinski definition) is 0. The minimum absolute atomic E-state index is 1.60. The number of carbonyl (C=O) groups is 1. The van der Waals surface area contributed by atoms with E-state index in [1.807, 2.05) is 0 Å². The fraction of sp³-hybridized carbons (Fsp3) is 0. The SMILES string of the molecule is O=C([S])c1c(F)c(F)c(F)c(F)c1F. The average molecular weight is 227 g/mol. The molecule has 0 bridgehead atoms. The Bertz CT molecular complexity index is 388. The largest absolute Gasteiger partial charge is 0.276 e. The number of halogens is 5. The van der Waals surface area contributed by atoms with Crippen molar-refractivity contribution in [3.63, 3.8) is 0 Å². The summed E-state index contributed by atoms with van der Waals surface area (Å²) in [7, 11) is 0. The highest BCUT2D eigenvalue weighted by Crippen LogP contribution is 2.23. The molecule has 7 heteroatoms. The molecule has 14 heavy (non-hydrogen) atoms. The maximum absolute atomic E-state index is 12.6. The summed E-state index contributed by atoms with van der Waals surface area (Å²) in [5.41, 5.74) is -1.60. The summed E-state index contributed by atoms with van der Waals surface area (Å²) in [6.45, 7) is 0. The van der Waals surface area contributed by atoms with Gasteiger partial charge in [-0.25, -0.2) is 22.0 Å². The maximum Gasteiger partial charge on any atom is 0.255 e. The van der Waals surface area contributed by atoms with Crippen LogP contribution in [0, 0.1) is 29.1 Å². The summed E-state index contributed by atoms with van der Waals surface area (Å²) >= 11 is 3.81. The van der Waals surface area contributed by atoms with Crippen LogP contribution in [0.25, 0.3) is 0 Å². The summed E-state index contributed by atoms with van der Waals surface area (Å²) in [5, 5.41) is -1.64. The van der Waals surface area contributed by atoms with Gasteiger partial charge >= 0.3 is 0 Å². The van der Waals surface area contributed by atoms with E-state index in [9.17, 15) is 26.7 Å². The highest BCUT2D eigenvalue weighted by molar-refractivity contribution is 7.97. The first-order chi connectivity index (χ1) is 6.37. The lowest BCUT2D eigenvalue weighted by Crippen LogP contribution is -2.09. The topological polar surface area (TPSA) is 17.1 Å². The second kappa shape index (κ2) is 3.49. The molecule has 0 spiro atoms. The van der Waals surface area contributed by atoms with Crippen molar-refractivity contribution in [2.75, 3.05) is 0 Å². The quantitative estimate of drug-likeness (QED) is 0.409. The molecule has 1 aromatic carbocycles. The first-order valence-electron chi connectivity index (χ1n) is 3.10. The molecule has 75 valence electrons. The zero-order valence-electron chi connectivity index (χ0n) is 6.21. The van der Waals surface area contributed by atoms with Gasteiger partial charge in [-0.15, -0.1) is 0 Å². The van der Waals surface area contributed by atoms with Crippen molar-refractivity contribution in [1.82, 2.24) is 0 Å². The molecule has 0 unspecified atom stereocenters. The summed E-state index contributed by atoms with van der Waals surface area (Å²) in [5.74, 6) is -11.1. The average Bonchev–Trinajstić information content (AvgIpc) is 2.11. The van der Waals surface area contributed by atoms with Crippen LogP contribution in [0.1, 0.15) is 10.4 Å². The summed E-state index contributed by atoms with van der Waals surface area (Å²) < 4.78 is 62.5. The lowest BCUT2D eigenvalue weighted by molar-refractivity contribution is 0.108. The van der Waals surface area contributed by atoms with Crippen molar-refractivity contribution in [1.29, 1.82) is 0 Å². The molecule has 0 aliphatic rings. The van der Waals surface area contributed by atoms with Crippen molar-refractivity contribution in [2.45, 2.75) is 0 Å². The van der Waals surface area contributed by atoms with Gasteiger partial charge in [-0.3, -0.25) is 4.79 Å². The van der Waals surface area contributed by atoms with Gasteiger partial charge in [-0.05, 0) is 12.6 Å². The van der Waals surface area contributed by atoms with Crippen molar-refractivity contribution in [3.05, 3.63) is 34.6 Å². The number of benzene rings is 1. The maximum atomic E-state index is 12.6. The van der Waals surface area contributed by atoms with E-state index in [1.165, 1.54) is 0 Å². The summed E-state index contributed by atoms with van der Waals surface area (Å²) in [4.78, 5) is 10.4. The highest BCUT2D eigenvalue weighted by atomic mass is 32.1. The van der Waals surface area contributed by atoms with E-state index < -0.39 is 39.8 Å². The molecule has 0 atom stereocenters. The summed E-state index contributed by atoms with van der Waals surface area (Å²) in [6, 6.07) is 0. The van der Waals surface area contributed by atoms with Gasteiger partial charge in [0.15, 0.2) is 23.3 Å². The molecule has 0 heterocycles. The standard InChI is InChI=1S/C7F5OS/c8-2-1(7(13)14)3(9)5(11)6(12)4(2)10. The zero-order valence-corrected chi connectivity index (χ0v) is 7.02. The van der Waals surface area contributed by atoms with Crippen molar-refractivity contribution in [3.8, 4) is 0 Å². The van der Waals surface area contributed by atoms with Gasteiger partial charge in [0.2, 0.25) is 5.82 Å². The van der Waals surface area contributed by atoms with Gasteiger partial charge < -0.3 is 0 Å². The molecule has 1 radical (unpaired) electrons. The van der Waals surface area contributed by atoms with Gasteiger partial charge in [0.25, 0.3) is 5.12 Å². The minimum atomic E-state index is -2.32. The van der Waals surface area contributed by atoms with Gasteiger partial charge in [0, 0.05) is 0 Å². The van der Waals surface area contributed by atoms with Crippen LogP contribution in [0.5, 0.6) is 0 Å². The number of rotatable bonds is 1. The van der Waals surface area contributed by atoms with Crippen LogP contribution >= 0.6 is 12.6 Å². The third kappa shape index (κ3) is 1.43. The van der Waals surface area contributed by atoms with E-state index in [4.69, 9.17) is 0 Å². The van der Waals surface area contributed by atoms with Crippen LogP contribution < -0.4 is 0 Å². The highest BCUT2D eigenvalue weighted by Gasteiger charge is 2.28. The number of hydrogen-bond acceptors (Lipinski definition) is 1. The Labute approximate surface area is 79.9 Å². The molecule has 1 nitrogen and oxygen atoms in total. The molecular weight excluding hydrogens is 227 g/mol. The van der Waals surface area contributed by atoms with Crippen molar-refractivity contribution in [2.24, 2.45) is 0 Å². The Morgan fingerprint density at radius 2 is 1.07 bits per heavy atom. The molecule has 0 aromatic heterocycles. The Morgan fingerprint density at radius 3 is 1.36 bits per heavy atom. The zero-order chi connectivity index (χ0) is 11.0. The molecule has 0 aliphatic heterocycles. The minimum Gasteiger partial charge on any atom is -0.276 e. The first-order valence-corrected chi connectivity index (χ1v) is 3.51. The Morgan fingerprint density at radius 1 is 0.786 bits per heavy atom. The molecule has 1 aromatic rings. The van der Waals surface area contributed by atoms with Gasteiger partial charge in [-0.1, -0.05) is 0 Å². The smallest absolute Gasteiger partial charge is 0.255 e. The second-order valence-corrected chi connectivity index (χ2v) is 2.60. The van der Waals surface area contributed by atoms with Crippen LogP contribution in [0.4, 0.5) is 22.0 Å².